The van der Waals surface area contributed by atoms with Crippen LogP contribution in [-0.2, 0) is 9.53 Å². The van der Waals surface area contributed by atoms with Gasteiger partial charge in [0.1, 0.15) is 0 Å². The summed E-state index contributed by atoms with van der Waals surface area (Å²) in [5.74, 6) is -0.234. The molecule has 0 aliphatic carbocycles. The van der Waals surface area contributed by atoms with Crippen LogP contribution in [0.3, 0.4) is 0 Å². The fraction of sp³-hybridized carbons (Fsp3) is 0.143. The number of carbonyl (C=O) groups is 2. The van der Waals surface area contributed by atoms with Gasteiger partial charge in [0, 0.05) is 0 Å². The molecular weight excluding hydrogens is 461 g/mol. The molecule has 0 radical (unpaired) electrons. The second-order valence-electron chi connectivity index (χ2n) is 6.89. The Bertz CT molecular complexity index is 1040. The summed E-state index contributed by atoms with van der Waals surface area (Å²) >= 11 is -1.51. The van der Waals surface area contributed by atoms with Crippen LogP contribution < -0.4 is 8.64 Å². The zero-order valence-electron chi connectivity index (χ0n) is 14.7. The molecule has 27 heavy (non-hydrogen) atoms. The van der Waals surface area contributed by atoms with Gasteiger partial charge in [0.2, 0.25) is 0 Å². The number of methoxy groups -OCH3 is 1. The van der Waals surface area contributed by atoms with Gasteiger partial charge in [-0.1, -0.05) is 0 Å². The first-order chi connectivity index (χ1) is 13.2. The Balaban J connectivity index is 1.55. The molecule has 3 heterocycles. The zero-order chi connectivity index (χ0) is 18.5. The van der Waals surface area contributed by atoms with Crippen LogP contribution in [0.1, 0.15) is 29.2 Å². The van der Waals surface area contributed by atoms with Crippen molar-refractivity contribution in [3.8, 4) is 0 Å². The molecule has 6 heteroatoms. The summed E-state index contributed by atoms with van der Waals surface area (Å²) in [7, 11) is 1.75. The molecule has 1 unspecified atom stereocenters. The molecule has 1 atom stereocenters. The number of rotatable bonds is 4. The third-order valence-electron chi connectivity index (χ3n) is 5.47. The molecule has 5 rings (SSSR count). The van der Waals surface area contributed by atoms with E-state index in [4.69, 9.17) is 4.74 Å². The number of hydrogen-bond donors (Lipinski definition) is 1. The van der Waals surface area contributed by atoms with Crippen molar-refractivity contribution in [2.24, 2.45) is 0 Å². The van der Waals surface area contributed by atoms with Crippen molar-refractivity contribution in [2.45, 2.75) is 12.5 Å². The van der Waals surface area contributed by atoms with Gasteiger partial charge in [-0.2, -0.15) is 0 Å². The van der Waals surface area contributed by atoms with Crippen LogP contribution in [0.25, 0.3) is 9.41 Å². The molecule has 2 amide bonds. The average Bonchev–Trinajstić information content (AvgIpc) is 3.25. The first kappa shape index (κ1) is 17.3. The van der Waals surface area contributed by atoms with Crippen LogP contribution in [0.15, 0.2) is 56.8 Å². The molecule has 4 nitrogen and oxygen atoms in total. The zero-order valence-corrected chi connectivity index (χ0v) is 18.8. The number of ether oxygens (including phenoxy) is 1. The van der Waals surface area contributed by atoms with Crippen molar-refractivity contribution < 1.29 is 14.3 Å². The van der Waals surface area contributed by atoms with Gasteiger partial charge in [0.05, 0.1) is 0 Å². The van der Waals surface area contributed by atoms with Crippen molar-refractivity contribution in [3.63, 3.8) is 0 Å². The Morgan fingerprint density at radius 2 is 1.93 bits per heavy atom. The summed E-state index contributed by atoms with van der Waals surface area (Å²) in [4.78, 5) is 24.7. The normalized spacial score (nSPS) is 20.9. The van der Waals surface area contributed by atoms with Gasteiger partial charge in [-0.3, -0.25) is 0 Å². The number of hydrogen-bond acceptors (Lipinski definition) is 4. The topological polar surface area (TPSA) is 55.4 Å². The third-order valence-corrected chi connectivity index (χ3v) is 16.8. The van der Waals surface area contributed by atoms with Crippen LogP contribution in [0.5, 0.6) is 0 Å². The van der Waals surface area contributed by atoms with Crippen molar-refractivity contribution in [2.75, 3.05) is 7.11 Å². The number of imide groups is 1. The Labute approximate surface area is 169 Å². The molecule has 0 saturated carbocycles. The molecule has 1 fully saturated rings. The van der Waals surface area contributed by atoms with E-state index in [9.17, 15) is 9.59 Å². The molecular formula is C21H16InNO3S. The van der Waals surface area contributed by atoms with Crippen molar-refractivity contribution in [3.05, 3.63) is 73.5 Å². The molecule has 2 aromatic carbocycles. The summed E-state index contributed by atoms with van der Waals surface area (Å²) in [6.45, 7) is 0. The Kier molecular flexibility index (Phi) is 4.30. The molecule has 0 aromatic heterocycles. The van der Waals surface area contributed by atoms with Gasteiger partial charge in [0.15, 0.2) is 0 Å². The van der Waals surface area contributed by atoms with Crippen molar-refractivity contribution >= 4 is 57.1 Å². The van der Waals surface area contributed by atoms with Gasteiger partial charge in [-0.15, -0.1) is 0 Å². The predicted molar refractivity (Wildman–Crippen MR) is 109 cm³/mol. The van der Waals surface area contributed by atoms with E-state index in [0.717, 1.165) is 23.7 Å². The molecule has 1 N–H and O–H groups in total. The maximum atomic E-state index is 12.4. The molecule has 2 aromatic rings. The SMILES string of the molecule is COC(C[C]1=Cc2c3ccc[c]2[In]1/[C]3=C1\SC(=O)NC1=O)c1ccccc1. The second kappa shape index (κ2) is 6.69. The van der Waals surface area contributed by atoms with E-state index in [1.165, 1.54) is 21.1 Å². The van der Waals surface area contributed by atoms with E-state index in [2.05, 4.69) is 41.7 Å². The van der Waals surface area contributed by atoms with E-state index in [-0.39, 0.29) is 17.3 Å². The van der Waals surface area contributed by atoms with Crippen LogP contribution >= 0.6 is 11.8 Å². The first-order valence-corrected chi connectivity index (χ1v) is 14.6. The number of benzene rings is 2. The summed E-state index contributed by atoms with van der Waals surface area (Å²) < 4.78 is 9.86. The van der Waals surface area contributed by atoms with E-state index < -0.39 is 21.4 Å². The third kappa shape index (κ3) is 2.73. The van der Waals surface area contributed by atoms with Crippen molar-refractivity contribution in [1.29, 1.82) is 0 Å². The number of nitrogens with one attached hydrogen (secondary N) is 1. The van der Waals surface area contributed by atoms with Crippen molar-refractivity contribution in [1.82, 2.24) is 5.32 Å². The minimum atomic E-state index is -2.57. The van der Waals surface area contributed by atoms with Gasteiger partial charge in [0.25, 0.3) is 0 Å². The van der Waals surface area contributed by atoms with E-state index >= 15 is 0 Å². The van der Waals surface area contributed by atoms with E-state index in [1.54, 1.807) is 7.11 Å². The van der Waals surface area contributed by atoms with Gasteiger partial charge < -0.3 is 0 Å². The molecule has 4 bridgehead atoms. The minimum absolute atomic E-state index is 0.00505. The molecule has 3 aliphatic heterocycles. The average molecular weight is 477 g/mol. The van der Waals surface area contributed by atoms with Crippen LogP contribution in [0.2, 0.25) is 0 Å². The summed E-state index contributed by atoms with van der Waals surface area (Å²) in [6, 6.07) is 16.6. The number of carbonyl (C=O) groups excluding carboxylic acids is 2. The fourth-order valence-corrected chi connectivity index (χ4v) is 16.8. The first-order valence-electron chi connectivity index (χ1n) is 8.86. The van der Waals surface area contributed by atoms with Gasteiger partial charge in [-0.05, 0) is 0 Å². The summed E-state index contributed by atoms with van der Waals surface area (Å²) in [5.41, 5.74) is 3.60. The monoisotopic (exact) mass is 477 g/mol. The fourth-order valence-electron chi connectivity index (χ4n) is 4.34. The quantitative estimate of drug-likeness (QED) is 0.687. The maximum absolute atomic E-state index is 12.4. The summed E-state index contributed by atoms with van der Waals surface area (Å²) in [6.07, 6.45) is 3.17. The number of amides is 2. The van der Waals surface area contributed by atoms with Crippen LogP contribution in [-0.4, -0.2) is 39.7 Å². The molecule has 3 aliphatic rings. The van der Waals surface area contributed by atoms with Gasteiger partial charge >= 0.3 is 170 Å². The van der Waals surface area contributed by atoms with E-state index in [0.29, 0.717) is 4.91 Å². The van der Waals surface area contributed by atoms with Crippen LogP contribution in [0.4, 0.5) is 4.79 Å². The Morgan fingerprint density at radius 3 is 2.59 bits per heavy atom. The number of thioether (sulfide) groups is 1. The van der Waals surface area contributed by atoms with E-state index in [1.807, 2.05) is 18.2 Å². The van der Waals surface area contributed by atoms with Gasteiger partial charge in [-0.25, -0.2) is 0 Å². The summed E-state index contributed by atoms with van der Waals surface area (Å²) in [5, 5.41) is 2.16. The standard InChI is InChI=1S/C21H16NO3S.In/c1-25-18(16-9-3-2-4-10-16)13-7-12-15-8-5-6-11-17(15)14-19-20(23)22-21(24)26-19;/h2-6,9-12,18H,13H2,1H3,(H,22,23,24);. The predicted octanol–water partition coefficient (Wildman–Crippen LogP) is 3.35. The Hall–Kier alpha value is -1.76. The Morgan fingerprint density at radius 1 is 1.11 bits per heavy atom. The molecule has 1 saturated heterocycles. The second-order valence-corrected chi connectivity index (χ2v) is 15.9. The molecule has 0 spiro atoms. The van der Waals surface area contributed by atoms with Crippen LogP contribution in [0, 0.1) is 0 Å². The molecule has 132 valence electrons.